The number of hydrogen-bond acceptors (Lipinski definition) is 8. The SMILES string of the molecule is CCN(CC)c1nc(NC)nc(NCCS(=O)(=O)NC)n1. The van der Waals surface area contributed by atoms with Gasteiger partial charge in [-0.2, -0.15) is 15.0 Å². The summed E-state index contributed by atoms with van der Waals surface area (Å²) in [5.41, 5.74) is 0. The first kappa shape index (κ1) is 17.4. The van der Waals surface area contributed by atoms with E-state index in [9.17, 15) is 8.42 Å². The Morgan fingerprint density at radius 3 is 2.19 bits per heavy atom. The topological polar surface area (TPSA) is 112 Å². The average molecular weight is 317 g/mol. The number of nitrogens with zero attached hydrogens (tertiary/aromatic N) is 4. The van der Waals surface area contributed by atoms with Gasteiger partial charge in [-0.25, -0.2) is 13.1 Å². The molecule has 120 valence electrons. The molecule has 1 heterocycles. The Morgan fingerprint density at radius 2 is 1.67 bits per heavy atom. The van der Waals surface area contributed by atoms with E-state index in [1.54, 1.807) is 7.05 Å². The van der Waals surface area contributed by atoms with Crippen molar-refractivity contribution in [2.24, 2.45) is 0 Å². The van der Waals surface area contributed by atoms with Gasteiger partial charge >= 0.3 is 0 Å². The maximum absolute atomic E-state index is 11.4. The lowest BCUT2D eigenvalue weighted by Crippen LogP contribution is -2.28. The van der Waals surface area contributed by atoms with Gasteiger partial charge in [0.1, 0.15) is 0 Å². The molecule has 0 saturated carbocycles. The molecule has 0 aliphatic heterocycles. The smallest absolute Gasteiger partial charge is 0.231 e. The van der Waals surface area contributed by atoms with E-state index in [1.165, 1.54) is 7.05 Å². The molecule has 0 fully saturated rings. The van der Waals surface area contributed by atoms with Gasteiger partial charge in [-0.15, -0.1) is 0 Å². The molecule has 0 aliphatic carbocycles. The highest BCUT2D eigenvalue weighted by Gasteiger charge is 2.11. The third kappa shape index (κ3) is 5.31. The fourth-order valence-corrected chi connectivity index (χ4v) is 2.18. The molecule has 0 aromatic carbocycles. The third-order valence-electron chi connectivity index (χ3n) is 2.86. The summed E-state index contributed by atoms with van der Waals surface area (Å²) in [6, 6.07) is 0. The van der Waals surface area contributed by atoms with Gasteiger partial charge in [0.05, 0.1) is 5.75 Å². The highest BCUT2D eigenvalue weighted by molar-refractivity contribution is 7.89. The summed E-state index contributed by atoms with van der Waals surface area (Å²) in [4.78, 5) is 14.7. The molecule has 21 heavy (non-hydrogen) atoms. The third-order valence-corrected chi connectivity index (χ3v) is 4.22. The largest absolute Gasteiger partial charge is 0.357 e. The molecular formula is C11H23N7O2S. The first-order valence-corrected chi connectivity index (χ1v) is 8.44. The molecule has 1 aromatic heterocycles. The van der Waals surface area contributed by atoms with Gasteiger partial charge < -0.3 is 15.5 Å². The van der Waals surface area contributed by atoms with Crippen molar-refractivity contribution in [2.75, 3.05) is 55.0 Å². The van der Waals surface area contributed by atoms with Crippen LogP contribution in [0.2, 0.25) is 0 Å². The number of rotatable bonds is 9. The number of aromatic nitrogens is 3. The molecule has 3 N–H and O–H groups in total. The molecule has 1 rings (SSSR count). The van der Waals surface area contributed by atoms with E-state index in [-0.39, 0.29) is 12.3 Å². The Bertz CT molecular complexity index is 546. The molecule has 9 nitrogen and oxygen atoms in total. The van der Waals surface area contributed by atoms with Crippen LogP contribution in [0.1, 0.15) is 13.8 Å². The number of sulfonamides is 1. The molecule has 0 aliphatic rings. The predicted molar refractivity (Wildman–Crippen MR) is 84.3 cm³/mol. The van der Waals surface area contributed by atoms with Crippen molar-refractivity contribution in [1.82, 2.24) is 19.7 Å². The maximum atomic E-state index is 11.4. The lowest BCUT2D eigenvalue weighted by Gasteiger charge is -2.19. The molecule has 1 aromatic rings. The molecule has 10 heteroatoms. The van der Waals surface area contributed by atoms with Crippen molar-refractivity contribution in [3.05, 3.63) is 0 Å². The summed E-state index contributed by atoms with van der Waals surface area (Å²) in [5, 5.41) is 5.77. The van der Waals surface area contributed by atoms with Crippen LogP contribution in [0.3, 0.4) is 0 Å². The van der Waals surface area contributed by atoms with Crippen molar-refractivity contribution in [3.63, 3.8) is 0 Å². The fourth-order valence-electron chi connectivity index (χ4n) is 1.60. The number of nitrogens with one attached hydrogen (secondary N) is 3. The van der Waals surface area contributed by atoms with Gasteiger partial charge in [0.2, 0.25) is 27.9 Å². The minimum absolute atomic E-state index is 0.0509. The van der Waals surface area contributed by atoms with Gasteiger partial charge in [-0.05, 0) is 20.9 Å². The Balaban J connectivity index is 2.84. The normalized spacial score (nSPS) is 11.2. The molecule has 0 amide bonds. The van der Waals surface area contributed by atoms with Gasteiger partial charge in [0, 0.05) is 26.7 Å². The minimum atomic E-state index is -3.25. The van der Waals surface area contributed by atoms with E-state index in [0.717, 1.165) is 13.1 Å². The zero-order chi connectivity index (χ0) is 15.9. The van der Waals surface area contributed by atoms with Gasteiger partial charge in [0.15, 0.2) is 0 Å². The second-order valence-corrected chi connectivity index (χ2v) is 6.20. The van der Waals surface area contributed by atoms with Gasteiger partial charge in [0.25, 0.3) is 0 Å². The van der Waals surface area contributed by atoms with Crippen LogP contribution in [-0.2, 0) is 10.0 Å². The second-order valence-electron chi connectivity index (χ2n) is 4.15. The molecule has 0 spiro atoms. The quantitative estimate of drug-likeness (QED) is 0.570. The standard InChI is InChI=1S/C11H23N7O2S/c1-5-18(6-2)11-16-9(12-3)15-10(17-11)14-7-8-21(19,20)13-4/h13H,5-8H2,1-4H3,(H2,12,14,15,16,17). The van der Waals surface area contributed by atoms with Crippen molar-refractivity contribution in [1.29, 1.82) is 0 Å². The van der Waals surface area contributed by atoms with Crippen LogP contribution in [0.5, 0.6) is 0 Å². The minimum Gasteiger partial charge on any atom is -0.357 e. The van der Waals surface area contributed by atoms with Crippen LogP contribution in [0, 0.1) is 0 Å². The van der Waals surface area contributed by atoms with E-state index in [1.807, 2.05) is 18.7 Å². The zero-order valence-electron chi connectivity index (χ0n) is 12.8. The van der Waals surface area contributed by atoms with Crippen molar-refractivity contribution in [2.45, 2.75) is 13.8 Å². The highest BCUT2D eigenvalue weighted by Crippen LogP contribution is 2.12. The Hall–Kier alpha value is -1.68. The molecule has 0 atom stereocenters. The summed E-state index contributed by atoms with van der Waals surface area (Å²) in [5.74, 6) is 1.29. The van der Waals surface area contributed by atoms with Crippen LogP contribution < -0.4 is 20.3 Å². The van der Waals surface area contributed by atoms with Crippen molar-refractivity contribution < 1.29 is 8.42 Å². The van der Waals surface area contributed by atoms with Crippen LogP contribution >= 0.6 is 0 Å². The summed E-state index contributed by atoms with van der Waals surface area (Å²) < 4.78 is 25.0. The van der Waals surface area contributed by atoms with Crippen LogP contribution in [0.4, 0.5) is 17.8 Å². The number of hydrogen-bond donors (Lipinski definition) is 3. The first-order chi connectivity index (χ1) is 9.95. The van der Waals surface area contributed by atoms with Gasteiger partial charge in [-0.3, -0.25) is 0 Å². The van der Waals surface area contributed by atoms with E-state index in [0.29, 0.717) is 17.8 Å². The number of anilines is 3. The summed E-state index contributed by atoms with van der Waals surface area (Å²) in [7, 11) is -0.147. The van der Waals surface area contributed by atoms with E-state index in [4.69, 9.17) is 0 Å². The Kier molecular flexibility index (Phi) is 6.56. The molecular weight excluding hydrogens is 294 g/mol. The predicted octanol–water partition coefficient (Wildman–Crippen LogP) is -0.279. The summed E-state index contributed by atoms with van der Waals surface area (Å²) in [6.07, 6.45) is 0. The van der Waals surface area contributed by atoms with Crippen LogP contribution in [0.25, 0.3) is 0 Å². The second kappa shape index (κ2) is 7.93. The van der Waals surface area contributed by atoms with E-state index in [2.05, 4.69) is 30.3 Å². The van der Waals surface area contributed by atoms with E-state index < -0.39 is 10.0 Å². The molecule has 0 unspecified atom stereocenters. The molecule has 0 radical (unpaired) electrons. The Labute approximate surface area is 125 Å². The zero-order valence-corrected chi connectivity index (χ0v) is 13.7. The average Bonchev–Trinajstić information content (AvgIpc) is 2.48. The van der Waals surface area contributed by atoms with Crippen LogP contribution in [0.15, 0.2) is 0 Å². The van der Waals surface area contributed by atoms with E-state index >= 15 is 0 Å². The highest BCUT2D eigenvalue weighted by atomic mass is 32.2. The van der Waals surface area contributed by atoms with Crippen molar-refractivity contribution >= 4 is 27.9 Å². The monoisotopic (exact) mass is 317 g/mol. The summed E-state index contributed by atoms with van der Waals surface area (Å²) in [6.45, 7) is 5.79. The maximum Gasteiger partial charge on any atom is 0.231 e. The summed E-state index contributed by atoms with van der Waals surface area (Å²) >= 11 is 0. The lowest BCUT2D eigenvalue weighted by atomic mass is 10.5. The lowest BCUT2D eigenvalue weighted by molar-refractivity contribution is 0.588. The van der Waals surface area contributed by atoms with Gasteiger partial charge in [-0.1, -0.05) is 0 Å². The fraction of sp³-hybridized carbons (Fsp3) is 0.727. The van der Waals surface area contributed by atoms with Crippen molar-refractivity contribution in [3.8, 4) is 0 Å². The first-order valence-electron chi connectivity index (χ1n) is 6.79. The van der Waals surface area contributed by atoms with Crippen LogP contribution in [-0.4, -0.2) is 62.9 Å². The Morgan fingerprint density at radius 1 is 1.05 bits per heavy atom. The molecule has 0 bridgehead atoms. The molecule has 0 saturated heterocycles.